The number of rotatable bonds is 4. The Kier molecular flexibility index (Phi) is 4.81. The average Bonchev–Trinajstić information content (AvgIpc) is 3.37. The zero-order valence-electron chi connectivity index (χ0n) is 17.0. The Morgan fingerprint density at radius 1 is 1.30 bits per heavy atom. The number of anilines is 2. The summed E-state index contributed by atoms with van der Waals surface area (Å²) in [6.45, 7) is -1.67. The molecule has 0 unspecified atom stereocenters. The maximum atomic E-state index is 14.9. The number of nitrogens with one attached hydrogen (secondary N) is 1. The molecular formula is C19H18F3N9O2. The van der Waals surface area contributed by atoms with Crippen LogP contribution in [0.4, 0.5) is 24.9 Å². The Morgan fingerprint density at radius 2 is 2.12 bits per heavy atom. The maximum absolute atomic E-state index is 14.9. The van der Waals surface area contributed by atoms with Crippen molar-refractivity contribution in [1.29, 1.82) is 0 Å². The van der Waals surface area contributed by atoms with Gasteiger partial charge >= 0.3 is 0 Å². The lowest BCUT2D eigenvalue weighted by Gasteiger charge is -2.38. The normalized spacial score (nSPS) is 18.2. The van der Waals surface area contributed by atoms with E-state index in [4.69, 9.17) is 10.8 Å². The van der Waals surface area contributed by atoms with E-state index >= 15 is 0 Å². The van der Waals surface area contributed by atoms with E-state index in [2.05, 4.69) is 25.5 Å². The van der Waals surface area contributed by atoms with Gasteiger partial charge in [-0.3, -0.25) is 4.79 Å². The Morgan fingerprint density at radius 3 is 2.88 bits per heavy atom. The molecule has 1 fully saturated rings. The van der Waals surface area contributed by atoms with Gasteiger partial charge in [0.2, 0.25) is 11.9 Å². The van der Waals surface area contributed by atoms with Gasteiger partial charge in [0.25, 0.3) is 5.92 Å². The highest BCUT2D eigenvalue weighted by Crippen LogP contribution is 2.32. The van der Waals surface area contributed by atoms with Gasteiger partial charge < -0.3 is 21.1 Å². The second-order valence-corrected chi connectivity index (χ2v) is 7.63. The van der Waals surface area contributed by atoms with Gasteiger partial charge in [-0.05, 0) is 18.6 Å². The van der Waals surface area contributed by atoms with Crippen molar-refractivity contribution in [3.05, 3.63) is 36.5 Å². The van der Waals surface area contributed by atoms with Crippen LogP contribution in [0.3, 0.4) is 0 Å². The Balaban J connectivity index is 1.46. The van der Waals surface area contributed by atoms with Crippen LogP contribution in [-0.2, 0) is 4.79 Å². The van der Waals surface area contributed by atoms with Crippen LogP contribution >= 0.6 is 0 Å². The molecule has 0 aromatic carbocycles. The molecule has 1 aliphatic rings. The van der Waals surface area contributed by atoms with Crippen molar-refractivity contribution in [1.82, 2.24) is 34.1 Å². The van der Waals surface area contributed by atoms with Gasteiger partial charge in [-0.25, -0.2) is 27.2 Å². The third-order valence-electron chi connectivity index (χ3n) is 5.51. The molecule has 11 nitrogen and oxygen atoms in total. The minimum atomic E-state index is -3.31. The highest BCUT2D eigenvalue weighted by atomic mass is 19.3. The number of likely N-dealkylation sites (tertiary alicyclic amines) is 1. The van der Waals surface area contributed by atoms with Crippen LogP contribution in [0.5, 0.6) is 0 Å². The fourth-order valence-electron chi connectivity index (χ4n) is 3.92. The second-order valence-electron chi connectivity index (χ2n) is 7.63. The highest BCUT2D eigenvalue weighted by molar-refractivity contribution is 5.87. The molecule has 4 aromatic heterocycles. The molecular weight excluding hydrogens is 443 g/mol. The molecule has 1 atom stereocenters. The number of hydrogen-bond donors (Lipinski definition) is 3. The summed E-state index contributed by atoms with van der Waals surface area (Å²) in [6.07, 6.45) is 4.11. The number of carbonyl (C=O) groups excluding carboxylic acids is 1. The molecule has 4 aromatic rings. The molecule has 5 heterocycles. The quantitative estimate of drug-likeness (QED) is 0.406. The lowest BCUT2D eigenvalue weighted by molar-refractivity contribution is -0.145. The molecule has 1 aliphatic heterocycles. The summed E-state index contributed by atoms with van der Waals surface area (Å²) in [7, 11) is 0. The summed E-state index contributed by atoms with van der Waals surface area (Å²) in [4.78, 5) is 20.6. The monoisotopic (exact) mass is 461 g/mol. The predicted molar refractivity (Wildman–Crippen MR) is 110 cm³/mol. The molecule has 4 N–H and O–H groups in total. The van der Waals surface area contributed by atoms with Gasteiger partial charge in [0, 0.05) is 18.9 Å². The number of alkyl halides is 2. The number of nitrogen functional groups attached to an aromatic ring is 1. The largest absolute Gasteiger partial charge is 0.387 e. The van der Waals surface area contributed by atoms with E-state index in [0.29, 0.717) is 5.65 Å². The Bertz CT molecular complexity index is 1370. The number of aliphatic hydroxyl groups is 1. The first-order valence-corrected chi connectivity index (χ1v) is 9.95. The Hall–Kier alpha value is -3.94. The first-order valence-electron chi connectivity index (χ1n) is 9.95. The molecule has 0 spiro atoms. The molecule has 0 bridgehead atoms. The molecule has 0 radical (unpaired) electrons. The van der Waals surface area contributed by atoms with Crippen LogP contribution in [0.1, 0.15) is 6.42 Å². The number of aromatic nitrogens is 6. The van der Waals surface area contributed by atoms with Crippen LogP contribution in [0, 0.1) is 5.82 Å². The number of aliphatic hydroxyl groups excluding tert-OH is 1. The van der Waals surface area contributed by atoms with Crippen molar-refractivity contribution in [3.8, 4) is 11.3 Å². The molecule has 172 valence electrons. The van der Waals surface area contributed by atoms with Crippen molar-refractivity contribution in [2.45, 2.75) is 18.4 Å². The molecule has 1 amide bonds. The van der Waals surface area contributed by atoms with Crippen molar-refractivity contribution >= 4 is 28.8 Å². The third-order valence-corrected chi connectivity index (χ3v) is 5.51. The lowest BCUT2D eigenvalue weighted by atomic mass is 10.0. The molecule has 0 aliphatic carbocycles. The minimum Gasteiger partial charge on any atom is -0.387 e. The van der Waals surface area contributed by atoms with E-state index in [1.54, 1.807) is 24.5 Å². The zero-order chi connectivity index (χ0) is 23.3. The van der Waals surface area contributed by atoms with Gasteiger partial charge in [-0.1, -0.05) is 0 Å². The number of carbonyl (C=O) groups is 1. The van der Waals surface area contributed by atoms with Crippen molar-refractivity contribution in [2.75, 3.05) is 30.7 Å². The first kappa shape index (κ1) is 20.9. The summed E-state index contributed by atoms with van der Waals surface area (Å²) >= 11 is 0. The summed E-state index contributed by atoms with van der Waals surface area (Å²) < 4.78 is 46.6. The average molecular weight is 461 g/mol. The second kappa shape index (κ2) is 7.58. The fraction of sp³-hybridized carbons (Fsp3) is 0.316. The first-order chi connectivity index (χ1) is 15.8. The van der Waals surface area contributed by atoms with Crippen LogP contribution in [0.15, 0.2) is 30.7 Å². The van der Waals surface area contributed by atoms with Gasteiger partial charge in [-0.2, -0.15) is 10.1 Å². The van der Waals surface area contributed by atoms with Crippen LogP contribution < -0.4 is 11.1 Å². The van der Waals surface area contributed by atoms with E-state index < -0.39 is 36.8 Å². The topological polar surface area (TPSA) is 139 Å². The van der Waals surface area contributed by atoms with Gasteiger partial charge in [-0.15, -0.1) is 5.10 Å². The van der Waals surface area contributed by atoms with E-state index in [9.17, 15) is 18.0 Å². The van der Waals surface area contributed by atoms with Crippen molar-refractivity contribution in [2.24, 2.45) is 0 Å². The highest BCUT2D eigenvalue weighted by Gasteiger charge is 2.46. The standard InChI is InChI=1S/C19H18F3N9O2/c20-10-7-31-16(15(10)11-1-2-13-24-4-6-30(13)27-11)17(23)26-18(28-31)25-12-3-5-29(14(33)8-32)9-19(12,21)22/h1-2,4,6-7,12,32H,3,5,8-9H2,(H3,23,25,26,28)/t12-/m1/s1. The summed E-state index contributed by atoms with van der Waals surface area (Å²) in [5.74, 6) is -5.09. The summed E-state index contributed by atoms with van der Waals surface area (Å²) in [6, 6.07) is 1.85. The number of hydrogen-bond acceptors (Lipinski definition) is 8. The SMILES string of the molecule is Nc1nc(N[C@@H]2CCN(C(=O)CO)CC2(F)F)nn2cc(F)c(-c3ccc4nccn4n3)c12. The molecule has 33 heavy (non-hydrogen) atoms. The number of nitrogens with zero attached hydrogens (tertiary/aromatic N) is 7. The Labute approximate surface area is 183 Å². The van der Waals surface area contributed by atoms with E-state index in [1.165, 1.54) is 4.52 Å². The third kappa shape index (κ3) is 3.57. The van der Waals surface area contributed by atoms with E-state index in [1.807, 2.05) is 0 Å². The van der Waals surface area contributed by atoms with Crippen LogP contribution in [-0.4, -0.2) is 76.8 Å². The fourth-order valence-corrected chi connectivity index (χ4v) is 3.92. The molecule has 14 heteroatoms. The molecule has 1 saturated heterocycles. The van der Waals surface area contributed by atoms with E-state index in [0.717, 1.165) is 15.6 Å². The number of halogens is 3. The van der Waals surface area contributed by atoms with Gasteiger partial charge in [0.15, 0.2) is 17.3 Å². The summed E-state index contributed by atoms with van der Waals surface area (Å²) in [5.41, 5.74) is 7.11. The number of nitrogens with two attached hydrogens (primary N) is 1. The summed E-state index contributed by atoms with van der Waals surface area (Å²) in [5, 5.41) is 19.9. The van der Waals surface area contributed by atoms with Crippen LogP contribution in [0.2, 0.25) is 0 Å². The maximum Gasteiger partial charge on any atom is 0.285 e. The lowest BCUT2D eigenvalue weighted by Crippen LogP contribution is -2.56. The molecule has 0 saturated carbocycles. The number of piperidine rings is 1. The number of amides is 1. The molecule has 5 rings (SSSR count). The number of imidazole rings is 1. The van der Waals surface area contributed by atoms with Crippen molar-refractivity contribution in [3.63, 3.8) is 0 Å². The van der Waals surface area contributed by atoms with Crippen molar-refractivity contribution < 1.29 is 23.1 Å². The predicted octanol–water partition coefficient (Wildman–Crippen LogP) is 0.801. The van der Waals surface area contributed by atoms with Gasteiger partial charge in [0.05, 0.1) is 30.0 Å². The van der Waals surface area contributed by atoms with Crippen LogP contribution in [0.25, 0.3) is 22.4 Å². The number of fused-ring (bicyclic) bond motifs is 2. The van der Waals surface area contributed by atoms with E-state index in [-0.39, 0.29) is 41.5 Å². The smallest absolute Gasteiger partial charge is 0.285 e. The minimum absolute atomic E-state index is 0.0229. The van der Waals surface area contributed by atoms with Gasteiger partial charge in [0.1, 0.15) is 12.1 Å². The zero-order valence-corrected chi connectivity index (χ0v) is 17.0.